The quantitative estimate of drug-likeness (QED) is 0.377. The maximum Gasteiger partial charge on any atom is 0.290 e. The van der Waals surface area contributed by atoms with E-state index in [2.05, 4.69) is 4.98 Å². The molecule has 0 aliphatic carbocycles. The van der Waals surface area contributed by atoms with E-state index >= 15 is 0 Å². The van der Waals surface area contributed by atoms with Crippen molar-refractivity contribution in [1.82, 2.24) is 14.8 Å². The zero-order chi connectivity index (χ0) is 22.9. The van der Waals surface area contributed by atoms with Gasteiger partial charge >= 0.3 is 0 Å². The first-order valence-electron chi connectivity index (χ1n) is 9.74. The van der Waals surface area contributed by atoms with Crippen LogP contribution in [0.2, 0.25) is 0 Å². The smallest absolute Gasteiger partial charge is 0.290 e. The van der Waals surface area contributed by atoms with Crippen molar-refractivity contribution >= 4 is 28.7 Å². The van der Waals surface area contributed by atoms with Crippen molar-refractivity contribution in [2.75, 3.05) is 27.2 Å². The summed E-state index contributed by atoms with van der Waals surface area (Å²) in [5.41, 5.74) is 0.329. The van der Waals surface area contributed by atoms with Gasteiger partial charge in [0.15, 0.2) is 5.76 Å². The summed E-state index contributed by atoms with van der Waals surface area (Å²) in [5.74, 6) is -1.90. The number of nitrogens with zero attached hydrogens (tertiary/aromatic N) is 4. The Labute approximate surface area is 183 Å². The monoisotopic (exact) mass is 444 g/mol. The molecule has 0 bridgehead atoms. The minimum atomic E-state index is -1.05. The van der Waals surface area contributed by atoms with E-state index in [4.69, 9.17) is 0 Å². The molecule has 1 N–H and O–H groups in total. The van der Waals surface area contributed by atoms with Crippen molar-refractivity contribution in [3.63, 3.8) is 0 Å². The Morgan fingerprint density at radius 1 is 1.32 bits per heavy atom. The number of para-hydroxylation sites is 1. The van der Waals surface area contributed by atoms with E-state index in [1.165, 1.54) is 34.4 Å². The predicted molar refractivity (Wildman–Crippen MR) is 116 cm³/mol. The van der Waals surface area contributed by atoms with Gasteiger partial charge in [-0.25, -0.2) is 4.98 Å². The van der Waals surface area contributed by atoms with E-state index < -0.39 is 28.4 Å². The summed E-state index contributed by atoms with van der Waals surface area (Å²) in [7, 11) is 3.79. The largest absolute Gasteiger partial charge is 0.503 e. The second kappa shape index (κ2) is 8.94. The number of amides is 1. The second-order valence-corrected chi connectivity index (χ2v) is 8.82. The topological polar surface area (TPSA) is 117 Å². The highest BCUT2D eigenvalue weighted by atomic mass is 32.1. The fraction of sp³-hybridized carbons (Fsp3) is 0.381. The van der Waals surface area contributed by atoms with Crippen LogP contribution in [0.3, 0.4) is 0 Å². The number of aliphatic hydroxyl groups excluding tert-OH is 1. The molecule has 31 heavy (non-hydrogen) atoms. The molecule has 2 aromatic rings. The zero-order valence-electron chi connectivity index (χ0n) is 17.8. The molecule has 1 atom stereocenters. The Kier molecular flexibility index (Phi) is 6.51. The van der Waals surface area contributed by atoms with E-state index in [0.717, 1.165) is 0 Å². The zero-order valence-corrected chi connectivity index (χ0v) is 18.6. The second-order valence-electron chi connectivity index (χ2n) is 7.61. The summed E-state index contributed by atoms with van der Waals surface area (Å²) in [4.78, 5) is 45.4. The van der Waals surface area contributed by atoms with Crippen molar-refractivity contribution in [3.05, 3.63) is 66.9 Å². The van der Waals surface area contributed by atoms with Crippen LogP contribution in [0.15, 0.2) is 35.6 Å². The minimum absolute atomic E-state index is 0.143. The highest BCUT2D eigenvalue weighted by Crippen LogP contribution is 2.43. The van der Waals surface area contributed by atoms with E-state index in [-0.39, 0.29) is 23.4 Å². The normalized spacial score (nSPS) is 16.5. The number of hydrogen-bond acceptors (Lipinski definition) is 8. The van der Waals surface area contributed by atoms with Crippen LogP contribution in [-0.2, 0) is 4.79 Å². The van der Waals surface area contributed by atoms with Crippen molar-refractivity contribution < 1.29 is 19.6 Å². The molecular formula is C21H24N4O5S. The molecule has 1 aliphatic rings. The molecule has 2 heterocycles. The third-order valence-corrected chi connectivity index (χ3v) is 6.16. The number of aromatic nitrogens is 1. The molecule has 0 saturated heterocycles. The number of ketones is 1. The van der Waals surface area contributed by atoms with Gasteiger partial charge in [-0.2, -0.15) is 0 Å². The number of rotatable bonds is 8. The summed E-state index contributed by atoms with van der Waals surface area (Å²) >= 11 is 1.17. The third-order valence-electron chi connectivity index (χ3n) is 5.09. The van der Waals surface area contributed by atoms with Crippen LogP contribution in [0.25, 0.3) is 0 Å². The van der Waals surface area contributed by atoms with E-state index in [9.17, 15) is 24.8 Å². The molecule has 1 aromatic carbocycles. The predicted octanol–water partition coefficient (Wildman–Crippen LogP) is 3.20. The first-order valence-corrected chi connectivity index (χ1v) is 10.6. The lowest BCUT2D eigenvalue weighted by molar-refractivity contribution is -0.385. The lowest BCUT2D eigenvalue weighted by Gasteiger charge is -2.27. The Bertz CT molecular complexity index is 1080. The maximum absolute atomic E-state index is 13.4. The maximum atomic E-state index is 13.4. The minimum Gasteiger partial charge on any atom is -0.503 e. The molecule has 1 aliphatic heterocycles. The average Bonchev–Trinajstić information content (AvgIpc) is 3.17. The molecule has 10 heteroatoms. The van der Waals surface area contributed by atoms with Gasteiger partial charge in [0.1, 0.15) is 0 Å². The van der Waals surface area contributed by atoms with Gasteiger partial charge in [-0.05, 0) is 47.0 Å². The number of nitro benzene ring substituents is 1. The first-order chi connectivity index (χ1) is 14.6. The Balaban J connectivity index is 2.13. The van der Waals surface area contributed by atoms with Crippen molar-refractivity contribution in [2.24, 2.45) is 0 Å². The number of hydrogen-bond donors (Lipinski definition) is 1. The van der Waals surface area contributed by atoms with Gasteiger partial charge in [0, 0.05) is 12.6 Å². The lowest BCUT2D eigenvalue weighted by atomic mass is 9.93. The van der Waals surface area contributed by atoms with Gasteiger partial charge in [-0.15, -0.1) is 11.3 Å². The molecule has 1 amide bonds. The first kappa shape index (κ1) is 22.6. The summed E-state index contributed by atoms with van der Waals surface area (Å²) in [6.07, 6.45) is 0.573. The summed E-state index contributed by atoms with van der Waals surface area (Å²) in [5, 5.41) is 23.1. The van der Waals surface area contributed by atoms with Crippen LogP contribution in [-0.4, -0.2) is 63.7 Å². The van der Waals surface area contributed by atoms with Crippen LogP contribution >= 0.6 is 11.3 Å². The number of aliphatic hydroxyl groups is 1. The highest BCUT2D eigenvalue weighted by molar-refractivity contribution is 7.14. The SMILES string of the molecule is Cc1nc(C)c(C(=O)C2=C(O)C(=O)N(CCCN(C)C)C2c2ccccc2[N+](=O)[O-])s1. The third kappa shape index (κ3) is 4.35. The number of carbonyl (C=O) groups is 2. The number of carbonyl (C=O) groups excluding carboxylic acids is 2. The fourth-order valence-corrected chi connectivity index (χ4v) is 4.62. The number of Topliss-reactive ketones (excluding diaryl/α,β-unsaturated/α-hetero) is 1. The van der Waals surface area contributed by atoms with Crippen LogP contribution in [0, 0.1) is 24.0 Å². The summed E-state index contributed by atoms with van der Waals surface area (Å²) in [6, 6.07) is 4.94. The van der Waals surface area contributed by atoms with Gasteiger partial charge < -0.3 is 14.9 Å². The molecule has 164 valence electrons. The molecule has 1 aromatic heterocycles. The van der Waals surface area contributed by atoms with Crippen LogP contribution in [0.1, 0.15) is 38.4 Å². The van der Waals surface area contributed by atoms with Crippen LogP contribution in [0.5, 0.6) is 0 Å². The number of nitro groups is 1. The molecule has 0 saturated carbocycles. The molecule has 9 nitrogen and oxygen atoms in total. The standard InChI is InChI=1S/C21H24N4O5S/c1-12-20(31-13(2)22-12)18(26)16-17(14-8-5-6-9-15(14)25(29)30)24(21(28)19(16)27)11-7-10-23(3)4/h5-6,8-9,17,27H,7,10-11H2,1-4H3. The van der Waals surface area contributed by atoms with Gasteiger partial charge in [-0.1, -0.05) is 12.1 Å². The number of benzene rings is 1. The Morgan fingerprint density at radius 3 is 2.58 bits per heavy atom. The average molecular weight is 445 g/mol. The molecule has 3 rings (SSSR count). The van der Waals surface area contributed by atoms with Gasteiger partial charge in [-0.3, -0.25) is 19.7 Å². The van der Waals surface area contributed by atoms with E-state index in [0.29, 0.717) is 28.5 Å². The molecular weight excluding hydrogens is 420 g/mol. The highest BCUT2D eigenvalue weighted by Gasteiger charge is 2.46. The van der Waals surface area contributed by atoms with Crippen molar-refractivity contribution in [2.45, 2.75) is 26.3 Å². The van der Waals surface area contributed by atoms with Crippen molar-refractivity contribution in [3.8, 4) is 0 Å². The fourth-order valence-electron chi connectivity index (χ4n) is 3.75. The van der Waals surface area contributed by atoms with Gasteiger partial charge in [0.2, 0.25) is 5.78 Å². The van der Waals surface area contributed by atoms with Crippen LogP contribution in [0.4, 0.5) is 5.69 Å². The lowest BCUT2D eigenvalue weighted by Crippen LogP contribution is -2.33. The summed E-state index contributed by atoms with van der Waals surface area (Å²) in [6.45, 7) is 4.34. The Morgan fingerprint density at radius 2 is 2.00 bits per heavy atom. The summed E-state index contributed by atoms with van der Waals surface area (Å²) < 4.78 is 0. The van der Waals surface area contributed by atoms with Gasteiger partial charge in [0.05, 0.1) is 37.7 Å². The molecule has 0 fully saturated rings. The number of aryl methyl sites for hydroxylation is 2. The van der Waals surface area contributed by atoms with E-state index in [1.807, 2.05) is 19.0 Å². The number of thiazole rings is 1. The van der Waals surface area contributed by atoms with Crippen molar-refractivity contribution in [1.29, 1.82) is 0 Å². The molecule has 0 radical (unpaired) electrons. The van der Waals surface area contributed by atoms with E-state index in [1.54, 1.807) is 19.9 Å². The molecule has 1 unspecified atom stereocenters. The van der Waals surface area contributed by atoms with Crippen LogP contribution < -0.4 is 0 Å². The Hall–Kier alpha value is -3.11. The van der Waals surface area contributed by atoms with Gasteiger partial charge in [0.25, 0.3) is 11.6 Å². The molecule has 0 spiro atoms.